The van der Waals surface area contributed by atoms with Gasteiger partial charge >= 0.3 is 0 Å². The highest BCUT2D eigenvalue weighted by Crippen LogP contribution is 2.31. The summed E-state index contributed by atoms with van der Waals surface area (Å²) >= 11 is 1.50. The van der Waals surface area contributed by atoms with Gasteiger partial charge in [-0.3, -0.25) is 10.1 Å². The third-order valence-electron chi connectivity index (χ3n) is 2.60. The monoisotopic (exact) mass is 276 g/mol. The van der Waals surface area contributed by atoms with E-state index in [0.717, 1.165) is 10.5 Å². The largest absolute Gasteiger partial charge is 0.508 e. The van der Waals surface area contributed by atoms with E-state index in [1.54, 1.807) is 36.4 Å². The first-order valence-electron chi connectivity index (χ1n) is 5.51. The van der Waals surface area contributed by atoms with Crippen LogP contribution >= 0.6 is 11.8 Å². The summed E-state index contributed by atoms with van der Waals surface area (Å²) in [5, 5.41) is 20.0. The maximum Gasteiger partial charge on any atom is 0.292 e. The van der Waals surface area contributed by atoms with Gasteiger partial charge in [0.1, 0.15) is 11.4 Å². The second kappa shape index (κ2) is 5.62. The lowest BCUT2D eigenvalue weighted by molar-refractivity contribution is -0.383. The topological polar surface area (TPSA) is 89.4 Å². The number of para-hydroxylation sites is 1. The average Bonchev–Trinajstić information content (AvgIpc) is 2.39. The Labute approximate surface area is 114 Å². The lowest BCUT2D eigenvalue weighted by Gasteiger charge is -2.06. The predicted molar refractivity (Wildman–Crippen MR) is 75.2 cm³/mol. The fourth-order valence-electron chi connectivity index (χ4n) is 1.59. The molecule has 0 saturated carbocycles. The Bertz CT molecular complexity index is 599. The molecule has 0 atom stereocenters. The van der Waals surface area contributed by atoms with Crippen LogP contribution in [0.25, 0.3) is 0 Å². The molecule has 0 aliphatic heterocycles. The Morgan fingerprint density at radius 2 is 1.89 bits per heavy atom. The van der Waals surface area contributed by atoms with Crippen LogP contribution in [-0.4, -0.2) is 10.0 Å². The van der Waals surface area contributed by atoms with E-state index < -0.39 is 4.92 Å². The van der Waals surface area contributed by atoms with Gasteiger partial charge in [-0.2, -0.15) is 0 Å². The van der Waals surface area contributed by atoms with Gasteiger partial charge in [-0.1, -0.05) is 12.1 Å². The molecule has 2 rings (SSSR count). The van der Waals surface area contributed by atoms with E-state index in [1.807, 2.05) is 0 Å². The van der Waals surface area contributed by atoms with Crippen LogP contribution in [0.4, 0.5) is 11.4 Å². The summed E-state index contributed by atoms with van der Waals surface area (Å²) in [4.78, 5) is 11.3. The molecular formula is C13H12N2O3S. The van der Waals surface area contributed by atoms with Crippen LogP contribution in [0.5, 0.6) is 5.75 Å². The van der Waals surface area contributed by atoms with Gasteiger partial charge < -0.3 is 10.8 Å². The molecule has 5 nitrogen and oxygen atoms in total. The van der Waals surface area contributed by atoms with E-state index in [-0.39, 0.29) is 17.1 Å². The fraction of sp³-hybridized carbons (Fsp3) is 0.0769. The Morgan fingerprint density at radius 1 is 1.21 bits per heavy atom. The molecule has 0 saturated heterocycles. The van der Waals surface area contributed by atoms with E-state index in [1.165, 1.54) is 17.8 Å². The Balaban J connectivity index is 2.13. The first-order valence-corrected chi connectivity index (χ1v) is 6.50. The zero-order chi connectivity index (χ0) is 13.8. The minimum Gasteiger partial charge on any atom is -0.508 e. The van der Waals surface area contributed by atoms with Crippen molar-refractivity contribution in [1.82, 2.24) is 0 Å². The standard InChI is InChI=1S/C13H12N2O3S/c14-13-9(2-1-3-12(13)15(17)18)8-19-11-6-4-10(16)5-7-11/h1-7,16H,8,14H2. The van der Waals surface area contributed by atoms with Gasteiger partial charge in [-0.25, -0.2) is 0 Å². The van der Waals surface area contributed by atoms with Crippen LogP contribution in [0.1, 0.15) is 5.56 Å². The number of nitrogens with two attached hydrogens (primary N) is 1. The molecule has 0 fully saturated rings. The number of hydrogen-bond donors (Lipinski definition) is 2. The minimum atomic E-state index is -0.482. The van der Waals surface area contributed by atoms with E-state index in [0.29, 0.717) is 5.75 Å². The number of hydrogen-bond acceptors (Lipinski definition) is 5. The molecular weight excluding hydrogens is 264 g/mol. The number of rotatable bonds is 4. The van der Waals surface area contributed by atoms with E-state index >= 15 is 0 Å². The number of nitro groups is 1. The summed E-state index contributed by atoms with van der Waals surface area (Å²) in [5.74, 6) is 0.748. The van der Waals surface area contributed by atoms with Crippen LogP contribution in [0.2, 0.25) is 0 Å². The lowest BCUT2D eigenvalue weighted by atomic mass is 10.2. The third kappa shape index (κ3) is 3.17. The second-order valence-corrected chi connectivity index (χ2v) is 4.94. The minimum absolute atomic E-state index is 0.0659. The molecule has 0 aromatic heterocycles. The third-order valence-corrected chi connectivity index (χ3v) is 3.66. The Hall–Kier alpha value is -2.21. The molecule has 0 radical (unpaired) electrons. The zero-order valence-electron chi connectivity index (χ0n) is 9.95. The molecule has 3 N–H and O–H groups in total. The maximum absolute atomic E-state index is 10.8. The quantitative estimate of drug-likeness (QED) is 0.387. The highest BCUT2D eigenvalue weighted by atomic mass is 32.2. The van der Waals surface area contributed by atoms with Gasteiger partial charge in [0, 0.05) is 16.7 Å². The summed E-state index contributed by atoms with van der Waals surface area (Å²) in [6.07, 6.45) is 0. The molecule has 0 heterocycles. The lowest BCUT2D eigenvalue weighted by Crippen LogP contribution is -1.99. The summed E-state index contributed by atoms with van der Waals surface area (Å²) in [6.45, 7) is 0. The molecule has 0 aliphatic carbocycles. The number of phenolic OH excluding ortho intramolecular Hbond substituents is 1. The van der Waals surface area contributed by atoms with Crippen molar-refractivity contribution in [3.05, 3.63) is 58.1 Å². The van der Waals surface area contributed by atoms with E-state index in [2.05, 4.69) is 0 Å². The number of thioether (sulfide) groups is 1. The molecule has 6 heteroatoms. The van der Waals surface area contributed by atoms with Crippen molar-refractivity contribution < 1.29 is 10.0 Å². The number of anilines is 1. The molecule has 2 aromatic carbocycles. The number of phenols is 1. The Kier molecular flexibility index (Phi) is 3.91. The number of aromatic hydroxyl groups is 1. The van der Waals surface area contributed by atoms with E-state index in [9.17, 15) is 15.2 Å². The summed E-state index contributed by atoms with van der Waals surface area (Å²) in [6, 6.07) is 11.6. The van der Waals surface area contributed by atoms with Gasteiger partial charge in [0.05, 0.1) is 4.92 Å². The van der Waals surface area contributed by atoms with Gasteiger partial charge in [0.25, 0.3) is 5.69 Å². The number of nitrogens with zero attached hydrogens (tertiary/aromatic N) is 1. The molecule has 0 amide bonds. The smallest absolute Gasteiger partial charge is 0.292 e. The zero-order valence-corrected chi connectivity index (χ0v) is 10.8. The highest BCUT2D eigenvalue weighted by molar-refractivity contribution is 7.98. The first kappa shape index (κ1) is 13.2. The van der Waals surface area contributed by atoms with Gasteiger partial charge in [-0.05, 0) is 29.8 Å². The summed E-state index contributed by atoms with van der Waals surface area (Å²) in [7, 11) is 0. The Morgan fingerprint density at radius 3 is 2.53 bits per heavy atom. The van der Waals surface area contributed by atoms with Crippen LogP contribution in [0.3, 0.4) is 0 Å². The fourth-order valence-corrected chi connectivity index (χ4v) is 2.49. The normalized spacial score (nSPS) is 10.3. The molecule has 2 aromatic rings. The van der Waals surface area contributed by atoms with Gasteiger partial charge in [0.2, 0.25) is 0 Å². The number of nitrogen functional groups attached to an aromatic ring is 1. The van der Waals surface area contributed by atoms with Crippen LogP contribution in [0, 0.1) is 10.1 Å². The van der Waals surface area contributed by atoms with Crippen LogP contribution < -0.4 is 5.73 Å². The van der Waals surface area contributed by atoms with Crippen molar-refractivity contribution in [3.8, 4) is 5.75 Å². The summed E-state index contributed by atoms with van der Waals surface area (Å²) < 4.78 is 0. The SMILES string of the molecule is Nc1c(CSc2ccc(O)cc2)cccc1[N+](=O)[O-]. The van der Waals surface area contributed by atoms with Crippen molar-refractivity contribution in [3.63, 3.8) is 0 Å². The molecule has 19 heavy (non-hydrogen) atoms. The molecule has 98 valence electrons. The van der Waals surface area contributed by atoms with Crippen LogP contribution in [-0.2, 0) is 5.75 Å². The highest BCUT2D eigenvalue weighted by Gasteiger charge is 2.14. The van der Waals surface area contributed by atoms with Gasteiger partial charge in [-0.15, -0.1) is 11.8 Å². The molecule has 0 bridgehead atoms. The van der Waals surface area contributed by atoms with Crippen molar-refractivity contribution >= 4 is 23.1 Å². The van der Waals surface area contributed by atoms with Crippen molar-refractivity contribution in [2.45, 2.75) is 10.6 Å². The molecule has 0 spiro atoms. The number of nitro benzene ring substituents is 1. The molecule has 0 aliphatic rings. The molecule has 0 unspecified atom stereocenters. The van der Waals surface area contributed by atoms with Crippen molar-refractivity contribution in [2.75, 3.05) is 5.73 Å². The average molecular weight is 276 g/mol. The second-order valence-electron chi connectivity index (χ2n) is 3.89. The summed E-state index contributed by atoms with van der Waals surface area (Å²) in [5.41, 5.74) is 6.65. The van der Waals surface area contributed by atoms with E-state index in [4.69, 9.17) is 5.73 Å². The van der Waals surface area contributed by atoms with Crippen molar-refractivity contribution in [1.29, 1.82) is 0 Å². The van der Waals surface area contributed by atoms with Crippen LogP contribution in [0.15, 0.2) is 47.4 Å². The predicted octanol–water partition coefficient (Wildman–Crippen LogP) is 3.17. The van der Waals surface area contributed by atoms with Crippen molar-refractivity contribution in [2.24, 2.45) is 0 Å². The van der Waals surface area contributed by atoms with Gasteiger partial charge in [0.15, 0.2) is 0 Å². The maximum atomic E-state index is 10.8. The number of benzene rings is 2. The first-order chi connectivity index (χ1) is 9.08.